The van der Waals surface area contributed by atoms with E-state index in [0.29, 0.717) is 18.0 Å². The molecule has 3 heterocycles. The van der Waals surface area contributed by atoms with Gasteiger partial charge in [0.25, 0.3) is 0 Å². The molecule has 1 fully saturated rings. The highest BCUT2D eigenvalue weighted by Gasteiger charge is 2.30. The third-order valence-electron chi connectivity index (χ3n) is 5.85. The summed E-state index contributed by atoms with van der Waals surface area (Å²) in [7, 11) is 0. The molecule has 4 nitrogen and oxygen atoms in total. The average molecular weight is 332 g/mol. The minimum absolute atomic E-state index is 0.394. The van der Waals surface area contributed by atoms with Crippen LogP contribution in [0.1, 0.15) is 60.7 Å². The first-order chi connectivity index (χ1) is 12.3. The van der Waals surface area contributed by atoms with Crippen molar-refractivity contribution in [2.75, 3.05) is 0 Å². The second-order valence-electron chi connectivity index (χ2n) is 7.68. The number of rotatable bonds is 2. The van der Waals surface area contributed by atoms with Crippen LogP contribution in [-0.4, -0.2) is 21.0 Å². The maximum Gasteiger partial charge on any atom is 0.132 e. The molecular formula is C21H24N4. The fraction of sp³-hybridized carbons (Fsp3) is 0.429. The molecule has 2 aliphatic rings. The van der Waals surface area contributed by atoms with E-state index < -0.39 is 0 Å². The van der Waals surface area contributed by atoms with E-state index in [0.717, 1.165) is 29.7 Å². The molecule has 4 heteroatoms. The van der Waals surface area contributed by atoms with Crippen molar-refractivity contribution in [3.8, 4) is 0 Å². The summed E-state index contributed by atoms with van der Waals surface area (Å²) in [6.07, 6.45) is 9.81. The van der Waals surface area contributed by atoms with Crippen LogP contribution in [0.5, 0.6) is 0 Å². The maximum atomic E-state index is 4.81. The molecule has 1 saturated heterocycles. The van der Waals surface area contributed by atoms with E-state index in [9.17, 15) is 0 Å². The molecule has 0 bridgehead atoms. The molecule has 0 amide bonds. The van der Waals surface area contributed by atoms with E-state index in [2.05, 4.69) is 40.4 Å². The lowest BCUT2D eigenvalue weighted by molar-refractivity contribution is 0.300. The van der Waals surface area contributed by atoms with Crippen LogP contribution in [0.2, 0.25) is 0 Å². The SMILES string of the molecule is CC1CC(c2ncc3[nH]ccc3n2)CC(c2ccc3c(c2)CCC3)N1. The van der Waals surface area contributed by atoms with Crippen LogP contribution in [0, 0.1) is 0 Å². The van der Waals surface area contributed by atoms with Crippen LogP contribution in [-0.2, 0) is 12.8 Å². The fourth-order valence-electron chi connectivity index (χ4n) is 4.59. The van der Waals surface area contributed by atoms with Gasteiger partial charge >= 0.3 is 0 Å². The highest BCUT2D eigenvalue weighted by Crippen LogP contribution is 2.36. The Morgan fingerprint density at radius 1 is 1.08 bits per heavy atom. The molecule has 0 radical (unpaired) electrons. The van der Waals surface area contributed by atoms with Crippen molar-refractivity contribution < 1.29 is 0 Å². The Balaban J connectivity index is 1.44. The van der Waals surface area contributed by atoms with Crippen molar-refractivity contribution in [1.29, 1.82) is 0 Å². The summed E-state index contributed by atoms with van der Waals surface area (Å²) < 4.78 is 0. The van der Waals surface area contributed by atoms with E-state index in [1.807, 2.05) is 18.5 Å². The Morgan fingerprint density at radius 2 is 2.00 bits per heavy atom. The van der Waals surface area contributed by atoms with Crippen LogP contribution in [0.4, 0.5) is 0 Å². The number of hydrogen-bond donors (Lipinski definition) is 2. The van der Waals surface area contributed by atoms with Gasteiger partial charge in [0, 0.05) is 24.2 Å². The number of fused-ring (bicyclic) bond motifs is 2. The quantitative estimate of drug-likeness (QED) is 0.744. The summed E-state index contributed by atoms with van der Waals surface area (Å²) in [5.74, 6) is 1.40. The molecule has 1 aromatic carbocycles. The lowest BCUT2D eigenvalue weighted by atomic mass is 9.84. The lowest BCUT2D eigenvalue weighted by Gasteiger charge is -2.34. The Kier molecular flexibility index (Phi) is 3.59. The van der Waals surface area contributed by atoms with E-state index >= 15 is 0 Å². The van der Waals surface area contributed by atoms with Gasteiger partial charge in [0.1, 0.15) is 5.82 Å². The van der Waals surface area contributed by atoms with Crippen LogP contribution in [0.15, 0.2) is 36.7 Å². The number of benzene rings is 1. The average Bonchev–Trinajstić information content (AvgIpc) is 3.28. The topological polar surface area (TPSA) is 53.6 Å². The van der Waals surface area contributed by atoms with Crippen molar-refractivity contribution in [3.63, 3.8) is 0 Å². The van der Waals surface area contributed by atoms with Crippen molar-refractivity contribution in [3.05, 3.63) is 59.2 Å². The normalized spacial score (nSPS) is 26.0. The Morgan fingerprint density at radius 3 is 2.96 bits per heavy atom. The standard InChI is InChI=1S/C21H24N4/c1-13-9-17(21-23-12-20-18(25-21)7-8-22-20)11-19(24-13)16-6-5-14-3-2-4-15(14)10-16/h5-8,10,12-13,17,19,22,24H,2-4,9,11H2,1H3. The largest absolute Gasteiger partial charge is 0.359 e. The summed E-state index contributed by atoms with van der Waals surface area (Å²) >= 11 is 0. The number of H-pyrrole nitrogens is 1. The van der Waals surface area contributed by atoms with Gasteiger partial charge in [0.05, 0.1) is 17.2 Å². The van der Waals surface area contributed by atoms with Crippen LogP contribution in [0.3, 0.4) is 0 Å². The molecule has 0 spiro atoms. The zero-order valence-corrected chi connectivity index (χ0v) is 14.6. The number of nitrogens with one attached hydrogen (secondary N) is 2. The molecule has 5 rings (SSSR count). The van der Waals surface area contributed by atoms with Crippen molar-refractivity contribution >= 4 is 11.0 Å². The number of aromatic nitrogens is 3. The molecule has 1 aliphatic carbocycles. The molecule has 2 N–H and O–H groups in total. The van der Waals surface area contributed by atoms with Gasteiger partial charge in [-0.05, 0) is 61.8 Å². The fourth-order valence-corrected chi connectivity index (χ4v) is 4.59. The third kappa shape index (κ3) is 2.74. The van der Waals surface area contributed by atoms with Gasteiger partial charge in [-0.1, -0.05) is 18.2 Å². The summed E-state index contributed by atoms with van der Waals surface area (Å²) in [4.78, 5) is 12.6. The molecule has 0 saturated carbocycles. The van der Waals surface area contributed by atoms with Gasteiger partial charge in [-0.15, -0.1) is 0 Å². The zero-order chi connectivity index (χ0) is 16.8. The Labute approximate surface area is 148 Å². The smallest absolute Gasteiger partial charge is 0.132 e. The van der Waals surface area contributed by atoms with Gasteiger partial charge < -0.3 is 10.3 Å². The van der Waals surface area contributed by atoms with Gasteiger partial charge in [-0.2, -0.15) is 0 Å². The van der Waals surface area contributed by atoms with E-state index in [1.54, 1.807) is 11.1 Å². The zero-order valence-electron chi connectivity index (χ0n) is 14.6. The number of nitrogens with zero attached hydrogens (tertiary/aromatic N) is 2. The number of aryl methyl sites for hydroxylation is 2. The molecule has 3 unspecified atom stereocenters. The second kappa shape index (κ2) is 5.95. The minimum Gasteiger partial charge on any atom is -0.359 e. The first-order valence-electron chi connectivity index (χ1n) is 9.44. The van der Waals surface area contributed by atoms with E-state index in [-0.39, 0.29) is 0 Å². The highest BCUT2D eigenvalue weighted by atomic mass is 15.0. The third-order valence-corrected chi connectivity index (χ3v) is 5.85. The monoisotopic (exact) mass is 332 g/mol. The second-order valence-corrected chi connectivity index (χ2v) is 7.68. The molecule has 3 atom stereocenters. The van der Waals surface area contributed by atoms with Gasteiger partial charge in [0.15, 0.2) is 0 Å². The van der Waals surface area contributed by atoms with Gasteiger partial charge in [-0.3, -0.25) is 0 Å². The minimum atomic E-state index is 0.394. The van der Waals surface area contributed by atoms with Crippen LogP contribution < -0.4 is 5.32 Å². The van der Waals surface area contributed by atoms with Crippen molar-refractivity contribution in [1.82, 2.24) is 20.3 Å². The number of piperidine rings is 1. The summed E-state index contributed by atoms with van der Waals surface area (Å²) in [5, 5.41) is 3.79. The van der Waals surface area contributed by atoms with Crippen molar-refractivity contribution in [2.24, 2.45) is 0 Å². The Bertz CT molecular complexity index is 913. The first-order valence-corrected chi connectivity index (χ1v) is 9.44. The van der Waals surface area contributed by atoms with Gasteiger partial charge in [-0.25, -0.2) is 9.97 Å². The Hall–Kier alpha value is -2.20. The summed E-state index contributed by atoms with van der Waals surface area (Å²) in [6.45, 7) is 2.28. The highest BCUT2D eigenvalue weighted by molar-refractivity contribution is 5.73. The van der Waals surface area contributed by atoms with Crippen molar-refractivity contribution in [2.45, 2.75) is 57.0 Å². The molecular weight excluding hydrogens is 308 g/mol. The molecule has 1 aliphatic heterocycles. The molecule has 3 aromatic rings. The van der Waals surface area contributed by atoms with Crippen LogP contribution >= 0.6 is 0 Å². The molecule has 25 heavy (non-hydrogen) atoms. The number of hydrogen-bond acceptors (Lipinski definition) is 3. The number of aromatic amines is 1. The van der Waals surface area contributed by atoms with E-state index in [4.69, 9.17) is 4.98 Å². The predicted molar refractivity (Wildman–Crippen MR) is 99.7 cm³/mol. The summed E-state index contributed by atoms with van der Waals surface area (Å²) in [5.41, 5.74) is 6.57. The maximum absolute atomic E-state index is 4.81. The lowest BCUT2D eigenvalue weighted by Crippen LogP contribution is -2.38. The first kappa shape index (κ1) is 15.1. The van der Waals surface area contributed by atoms with Gasteiger partial charge in [0.2, 0.25) is 0 Å². The molecule has 2 aromatic heterocycles. The molecule has 128 valence electrons. The van der Waals surface area contributed by atoms with E-state index in [1.165, 1.54) is 24.8 Å². The van der Waals surface area contributed by atoms with Crippen LogP contribution in [0.25, 0.3) is 11.0 Å². The predicted octanol–water partition coefficient (Wildman–Crippen LogP) is 4.04. The summed E-state index contributed by atoms with van der Waals surface area (Å²) in [6, 6.07) is 10.0.